The van der Waals surface area contributed by atoms with Gasteiger partial charge in [-0.1, -0.05) is 18.2 Å². The Morgan fingerprint density at radius 2 is 1.83 bits per heavy atom. The maximum Gasteiger partial charge on any atom is 0.231 e. The van der Waals surface area contributed by atoms with Crippen LogP contribution in [0, 0.1) is 0 Å². The molecule has 3 heterocycles. The second-order valence-electron chi connectivity index (χ2n) is 6.09. The number of rotatable bonds is 3. The van der Waals surface area contributed by atoms with Crippen LogP contribution in [-0.4, -0.2) is 17.9 Å². The van der Waals surface area contributed by atoms with Crippen LogP contribution in [0.5, 0.6) is 11.5 Å². The fraction of sp³-hybridized carbons (Fsp3) is 0.200. The highest BCUT2D eigenvalue weighted by Crippen LogP contribution is 2.47. The van der Waals surface area contributed by atoms with Crippen molar-refractivity contribution in [3.8, 4) is 17.2 Å². The molecule has 120 valence electrons. The third kappa shape index (κ3) is 1.80. The van der Waals surface area contributed by atoms with Gasteiger partial charge in [-0.3, -0.25) is 0 Å². The molecule has 0 amide bonds. The Bertz CT molecular complexity index is 901. The first-order valence-corrected chi connectivity index (χ1v) is 8.29. The Morgan fingerprint density at radius 3 is 2.62 bits per heavy atom. The predicted molar refractivity (Wildman–Crippen MR) is 93.2 cm³/mol. The van der Waals surface area contributed by atoms with Crippen LogP contribution in [0.15, 0.2) is 60.8 Å². The number of para-hydroxylation sites is 1. The minimum absolute atomic E-state index is 0.178. The highest BCUT2D eigenvalue weighted by Gasteiger charge is 2.35. The summed E-state index contributed by atoms with van der Waals surface area (Å²) < 4.78 is 13.4. The van der Waals surface area contributed by atoms with Gasteiger partial charge in [0.05, 0.1) is 11.7 Å². The molecule has 4 nitrogen and oxygen atoms in total. The van der Waals surface area contributed by atoms with Crippen LogP contribution in [-0.2, 0) is 0 Å². The largest absolute Gasteiger partial charge is 0.454 e. The number of benzene rings is 2. The number of ether oxygens (including phenoxy) is 2. The first-order valence-electron chi connectivity index (χ1n) is 8.29. The van der Waals surface area contributed by atoms with Gasteiger partial charge in [-0.05, 0) is 37.3 Å². The molecular weight excluding hydrogens is 300 g/mol. The highest BCUT2D eigenvalue weighted by molar-refractivity contribution is 5.65. The lowest BCUT2D eigenvalue weighted by atomic mass is 10.0. The molecule has 0 bridgehead atoms. The maximum atomic E-state index is 5.62. The fourth-order valence-corrected chi connectivity index (χ4v) is 3.83. The number of hydrogen-bond donors (Lipinski definition) is 0. The Hall–Kier alpha value is -2.88. The summed E-state index contributed by atoms with van der Waals surface area (Å²) in [6.45, 7) is 3.43. The van der Waals surface area contributed by atoms with Gasteiger partial charge in [-0.15, -0.1) is 0 Å². The summed E-state index contributed by atoms with van der Waals surface area (Å²) in [6.07, 6.45) is 2.12. The molecule has 0 saturated carbocycles. The number of anilines is 1. The monoisotopic (exact) mass is 318 g/mol. The van der Waals surface area contributed by atoms with Crippen molar-refractivity contribution in [2.75, 3.05) is 18.2 Å². The Balaban J connectivity index is 1.70. The molecule has 5 rings (SSSR count). The molecule has 2 aliphatic rings. The van der Waals surface area contributed by atoms with Gasteiger partial charge in [0.2, 0.25) is 6.79 Å². The van der Waals surface area contributed by atoms with E-state index in [-0.39, 0.29) is 6.04 Å². The van der Waals surface area contributed by atoms with Crippen LogP contribution in [0.2, 0.25) is 0 Å². The third-order valence-electron chi connectivity index (χ3n) is 4.88. The van der Waals surface area contributed by atoms with Crippen LogP contribution < -0.4 is 14.4 Å². The van der Waals surface area contributed by atoms with Gasteiger partial charge in [0.25, 0.3) is 0 Å². The summed E-state index contributed by atoms with van der Waals surface area (Å²) in [5.74, 6) is 1.67. The maximum absolute atomic E-state index is 5.62. The molecule has 0 fully saturated rings. The smallest absolute Gasteiger partial charge is 0.231 e. The van der Waals surface area contributed by atoms with Gasteiger partial charge >= 0.3 is 0 Å². The summed E-state index contributed by atoms with van der Waals surface area (Å²) in [6, 6.07) is 19.3. The normalized spacial score (nSPS) is 16.8. The van der Waals surface area contributed by atoms with Crippen LogP contribution in [0.3, 0.4) is 0 Å². The van der Waals surface area contributed by atoms with Gasteiger partial charge in [-0.2, -0.15) is 0 Å². The van der Waals surface area contributed by atoms with Crippen molar-refractivity contribution in [2.24, 2.45) is 0 Å². The molecule has 2 aliphatic heterocycles. The number of hydrogen-bond acceptors (Lipinski definition) is 3. The van der Waals surface area contributed by atoms with E-state index in [0.717, 1.165) is 18.0 Å². The minimum atomic E-state index is 0.178. The van der Waals surface area contributed by atoms with Crippen molar-refractivity contribution in [1.29, 1.82) is 0 Å². The van der Waals surface area contributed by atoms with Crippen LogP contribution in [0.1, 0.15) is 24.2 Å². The van der Waals surface area contributed by atoms with Gasteiger partial charge in [0.15, 0.2) is 11.5 Å². The number of fused-ring (bicyclic) bond motifs is 4. The zero-order chi connectivity index (χ0) is 16.1. The molecule has 3 aromatic rings. The van der Waals surface area contributed by atoms with Crippen molar-refractivity contribution in [3.63, 3.8) is 0 Å². The van der Waals surface area contributed by atoms with Crippen molar-refractivity contribution in [2.45, 2.75) is 13.0 Å². The lowest BCUT2D eigenvalue weighted by molar-refractivity contribution is 0.174. The standard InChI is InChI=1S/C20H18N2O2/c1-2-21(14-7-4-3-5-8-14)20-15-11-18-19(24-13-23-18)12-17(15)22-10-6-9-16(20)22/h3-12,20H,2,13H2,1H3. The molecule has 1 atom stereocenters. The summed E-state index contributed by atoms with van der Waals surface area (Å²) >= 11 is 0. The van der Waals surface area contributed by atoms with E-state index in [9.17, 15) is 0 Å². The summed E-state index contributed by atoms with van der Waals surface area (Å²) in [5, 5.41) is 0. The second-order valence-corrected chi connectivity index (χ2v) is 6.09. The highest BCUT2D eigenvalue weighted by atomic mass is 16.7. The topological polar surface area (TPSA) is 26.6 Å². The van der Waals surface area contributed by atoms with Crippen molar-refractivity contribution in [1.82, 2.24) is 4.57 Å². The molecule has 0 saturated heterocycles. The van der Waals surface area contributed by atoms with E-state index >= 15 is 0 Å². The molecular formula is C20H18N2O2. The lowest BCUT2D eigenvalue weighted by Gasteiger charge is -2.30. The molecule has 0 spiro atoms. The lowest BCUT2D eigenvalue weighted by Crippen LogP contribution is -2.28. The summed E-state index contributed by atoms with van der Waals surface area (Å²) in [7, 11) is 0. The average molecular weight is 318 g/mol. The zero-order valence-corrected chi connectivity index (χ0v) is 13.5. The van der Waals surface area contributed by atoms with Crippen LogP contribution >= 0.6 is 0 Å². The second kappa shape index (κ2) is 5.06. The van der Waals surface area contributed by atoms with Gasteiger partial charge < -0.3 is 18.9 Å². The first kappa shape index (κ1) is 13.5. The van der Waals surface area contributed by atoms with E-state index in [4.69, 9.17) is 9.47 Å². The molecule has 2 aromatic carbocycles. The third-order valence-corrected chi connectivity index (χ3v) is 4.88. The molecule has 24 heavy (non-hydrogen) atoms. The van der Waals surface area contributed by atoms with Gasteiger partial charge in [0.1, 0.15) is 0 Å². The molecule has 1 unspecified atom stereocenters. The SMILES string of the molecule is CCN(c1ccccc1)C1c2cc3c(cc2-n2cccc21)OCO3. The van der Waals surface area contributed by atoms with Crippen LogP contribution in [0.25, 0.3) is 5.69 Å². The van der Waals surface area contributed by atoms with E-state index in [1.807, 2.05) is 0 Å². The molecule has 0 N–H and O–H groups in total. The average Bonchev–Trinajstić information content (AvgIpc) is 3.32. The minimum Gasteiger partial charge on any atom is -0.454 e. The summed E-state index contributed by atoms with van der Waals surface area (Å²) in [5.41, 5.74) is 4.95. The molecule has 0 aliphatic carbocycles. The van der Waals surface area contributed by atoms with Crippen LogP contribution in [0.4, 0.5) is 5.69 Å². The Morgan fingerprint density at radius 1 is 1.04 bits per heavy atom. The Kier molecular flexibility index (Phi) is 2.86. The number of nitrogens with zero attached hydrogens (tertiary/aromatic N) is 2. The molecule has 1 aromatic heterocycles. The molecule has 4 heteroatoms. The van der Waals surface area contributed by atoms with Crippen molar-refractivity contribution in [3.05, 3.63) is 72.1 Å². The van der Waals surface area contributed by atoms with E-state index < -0.39 is 0 Å². The van der Waals surface area contributed by atoms with Crippen molar-refractivity contribution >= 4 is 5.69 Å². The van der Waals surface area contributed by atoms with Crippen molar-refractivity contribution < 1.29 is 9.47 Å². The van der Waals surface area contributed by atoms with E-state index in [1.54, 1.807) is 0 Å². The quantitative estimate of drug-likeness (QED) is 0.726. The van der Waals surface area contributed by atoms with E-state index in [0.29, 0.717) is 6.79 Å². The first-order chi connectivity index (χ1) is 11.9. The zero-order valence-electron chi connectivity index (χ0n) is 13.5. The number of aromatic nitrogens is 1. The fourth-order valence-electron chi connectivity index (χ4n) is 3.83. The van der Waals surface area contributed by atoms with E-state index in [2.05, 4.69) is 77.2 Å². The van der Waals surface area contributed by atoms with E-state index in [1.165, 1.54) is 22.6 Å². The Labute approximate surface area is 140 Å². The molecule has 0 radical (unpaired) electrons. The summed E-state index contributed by atoms with van der Waals surface area (Å²) in [4.78, 5) is 2.43. The van der Waals surface area contributed by atoms with Gasteiger partial charge in [-0.25, -0.2) is 0 Å². The van der Waals surface area contributed by atoms with Gasteiger partial charge in [0, 0.05) is 35.8 Å². The predicted octanol–water partition coefficient (Wildman–Crippen LogP) is 4.14.